The number of ether oxygens (including phenoxy) is 1. The third-order valence-electron chi connectivity index (χ3n) is 4.59. The number of aromatic nitrogens is 1. The third kappa shape index (κ3) is 3.91. The zero-order chi connectivity index (χ0) is 20.2. The van der Waals surface area contributed by atoms with Gasteiger partial charge in [-0.1, -0.05) is 36.4 Å². The number of carbonyl (C=O) groups excluding carboxylic acids is 1. The molecule has 1 aromatic heterocycles. The molecule has 1 heterocycles. The van der Waals surface area contributed by atoms with Gasteiger partial charge in [0.1, 0.15) is 5.75 Å². The number of amides is 1. The van der Waals surface area contributed by atoms with E-state index in [0.29, 0.717) is 10.4 Å². The fourth-order valence-electron chi connectivity index (χ4n) is 3.19. The highest BCUT2D eigenvalue weighted by Crippen LogP contribution is 2.29. The topological polar surface area (TPSA) is 43.6 Å². The van der Waals surface area contributed by atoms with Crippen molar-refractivity contribution < 1.29 is 9.53 Å². The first-order valence-electron chi connectivity index (χ1n) is 9.24. The van der Waals surface area contributed by atoms with Crippen molar-refractivity contribution in [2.45, 2.75) is 6.92 Å². The summed E-state index contributed by atoms with van der Waals surface area (Å²) in [6.45, 7) is 2.05. The lowest BCUT2D eigenvalue weighted by atomic mass is 10.1. The fourth-order valence-corrected chi connectivity index (χ4v) is 4.18. The predicted octanol–water partition coefficient (Wildman–Crippen LogP) is 5.26. The van der Waals surface area contributed by atoms with Gasteiger partial charge in [0, 0.05) is 16.1 Å². The van der Waals surface area contributed by atoms with Crippen molar-refractivity contribution in [3.8, 4) is 22.7 Å². The molecule has 0 aliphatic rings. The standard InChI is InChI=1S/C24H20N2O2S/c1-17-22(18-13-15-21(28-2)16-14-18)26(20-11-7-4-8-12-20)24(29-17)25-23(27)19-9-5-3-6-10-19/h3-16H,1-2H3. The summed E-state index contributed by atoms with van der Waals surface area (Å²) in [7, 11) is 1.65. The number of hydrogen-bond acceptors (Lipinski definition) is 3. The Kier molecular flexibility index (Phi) is 5.40. The summed E-state index contributed by atoms with van der Waals surface area (Å²) in [6, 6.07) is 27.0. The first kappa shape index (κ1) is 18.9. The Labute approximate surface area is 173 Å². The Bertz CT molecular complexity index is 1190. The quantitative estimate of drug-likeness (QED) is 0.469. The van der Waals surface area contributed by atoms with Crippen molar-refractivity contribution in [3.05, 3.63) is 100 Å². The molecule has 29 heavy (non-hydrogen) atoms. The largest absolute Gasteiger partial charge is 0.497 e. The highest BCUT2D eigenvalue weighted by atomic mass is 32.1. The molecule has 4 nitrogen and oxygen atoms in total. The average molecular weight is 401 g/mol. The maximum atomic E-state index is 12.7. The summed E-state index contributed by atoms with van der Waals surface area (Å²) in [6.07, 6.45) is 0. The zero-order valence-corrected chi connectivity index (χ0v) is 17.0. The number of thiazole rings is 1. The van der Waals surface area contributed by atoms with Crippen LogP contribution < -0.4 is 9.54 Å². The van der Waals surface area contributed by atoms with E-state index in [2.05, 4.69) is 11.9 Å². The minimum absolute atomic E-state index is 0.252. The van der Waals surface area contributed by atoms with E-state index in [0.717, 1.165) is 27.6 Å². The van der Waals surface area contributed by atoms with Crippen LogP contribution in [0.3, 0.4) is 0 Å². The maximum Gasteiger partial charge on any atom is 0.279 e. The monoisotopic (exact) mass is 400 g/mol. The van der Waals surface area contributed by atoms with E-state index in [4.69, 9.17) is 4.74 Å². The molecule has 5 heteroatoms. The maximum absolute atomic E-state index is 12.7. The van der Waals surface area contributed by atoms with Crippen LogP contribution in [0.1, 0.15) is 15.2 Å². The smallest absolute Gasteiger partial charge is 0.279 e. The molecule has 0 saturated carbocycles. The number of para-hydroxylation sites is 1. The predicted molar refractivity (Wildman–Crippen MR) is 117 cm³/mol. The molecule has 0 aliphatic heterocycles. The summed E-state index contributed by atoms with van der Waals surface area (Å²) in [5.41, 5.74) is 3.59. The summed E-state index contributed by atoms with van der Waals surface area (Å²) in [5.74, 6) is 0.551. The molecule has 0 atom stereocenters. The van der Waals surface area contributed by atoms with Crippen molar-refractivity contribution in [2.75, 3.05) is 7.11 Å². The van der Waals surface area contributed by atoms with Gasteiger partial charge in [0.15, 0.2) is 4.80 Å². The van der Waals surface area contributed by atoms with E-state index < -0.39 is 0 Å². The Morgan fingerprint density at radius 3 is 2.14 bits per heavy atom. The van der Waals surface area contributed by atoms with E-state index >= 15 is 0 Å². The molecule has 0 radical (unpaired) electrons. The second-order valence-corrected chi connectivity index (χ2v) is 7.65. The Balaban J connectivity index is 1.92. The highest BCUT2D eigenvalue weighted by molar-refractivity contribution is 7.09. The van der Waals surface area contributed by atoms with Crippen LogP contribution in [0, 0.1) is 6.92 Å². The van der Waals surface area contributed by atoms with E-state index in [1.54, 1.807) is 19.2 Å². The lowest BCUT2D eigenvalue weighted by molar-refractivity contribution is 0.0998. The number of aryl methyl sites for hydroxylation is 1. The van der Waals surface area contributed by atoms with Gasteiger partial charge in [0.25, 0.3) is 5.91 Å². The third-order valence-corrected chi connectivity index (χ3v) is 5.54. The Morgan fingerprint density at radius 2 is 1.52 bits per heavy atom. The van der Waals surface area contributed by atoms with Crippen molar-refractivity contribution in [1.82, 2.24) is 4.57 Å². The highest BCUT2D eigenvalue weighted by Gasteiger charge is 2.15. The fraction of sp³-hybridized carbons (Fsp3) is 0.0833. The van der Waals surface area contributed by atoms with Gasteiger partial charge < -0.3 is 4.74 Å². The second-order valence-electron chi connectivity index (χ2n) is 6.47. The van der Waals surface area contributed by atoms with Gasteiger partial charge in [-0.2, -0.15) is 4.99 Å². The number of benzene rings is 3. The lowest BCUT2D eigenvalue weighted by Gasteiger charge is -2.11. The molecule has 0 fully saturated rings. The summed E-state index contributed by atoms with van der Waals surface area (Å²) in [5, 5.41) is 0. The molecular formula is C24H20N2O2S. The second kappa shape index (κ2) is 8.29. The minimum atomic E-state index is -0.252. The average Bonchev–Trinajstić information content (AvgIpc) is 3.10. The van der Waals surface area contributed by atoms with Crippen LogP contribution in [0.25, 0.3) is 16.9 Å². The molecule has 4 rings (SSSR count). The van der Waals surface area contributed by atoms with Crippen molar-refractivity contribution in [2.24, 2.45) is 4.99 Å². The van der Waals surface area contributed by atoms with Gasteiger partial charge >= 0.3 is 0 Å². The molecule has 0 aliphatic carbocycles. The van der Waals surface area contributed by atoms with Crippen LogP contribution in [-0.2, 0) is 0 Å². The van der Waals surface area contributed by atoms with E-state index in [9.17, 15) is 4.79 Å². The van der Waals surface area contributed by atoms with Crippen LogP contribution in [0.15, 0.2) is 89.9 Å². The molecule has 144 valence electrons. The summed E-state index contributed by atoms with van der Waals surface area (Å²) in [4.78, 5) is 18.9. The van der Waals surface area contributed by atoms with Gasteiger partial charge in [0.2, 0.25) is 0 Å². The van der Waals surface area contributed by atoms with Crippen molar-refractivity contribution >= 4 is 17.2 Å². The van der Waals surface area contributed by atoms with Crippen LogP contribution in [0.4, 0.5) is 0 Å². The zero-order valence-electron chi connectivity index (χ0n) is 16.2. The van der Waals surface area contributed by atoms with E-state index in [-0.39, 0.29) is 5.91 Å². The van der Waals surface area contributed by atoms with Gasteiger partial charge in [-0.25, -0.2) is 0 Å². The molecule has 0 N–H and O–H groups in total. The first-order valence-corrected chi connectivity index (χ1v) is 10.1. The molecule has 0 bridgehead atoms. The Morgan fingerprint density at radius 1 is 0.897 bits per heavy atom. The van der Waals surface area contributed by atoms with Crippen LogP contribution in [0.5, 0.6) is 5.75 Å². The van der Waals surface area contributed by atoms with Gasteiger partial charge in [-0.15, -0.1) is 11.3 Å². The van der Waals surface area contributed by atoms with Crippen LogP contribution in [0.2, 0.25) is 0 Å². The summed E-state index contributed by atoms with van der Waals surface area (Å²) < 4.78 is 7.33. The minimum Gasteiger partial charge on any atom is -0.497 e. The lowest BCUT2D eigenvalue weighted by Crippen LogP contribution is -2.16. The van der Waals surface area contributed by atoms with Crippen molar-refractivity contribution in [1.29, 1.82) is 0 Å². The number of methoxy groups -OCH3 is 1. The molecule has 4 aromatic rings. The molecule has 0 unspecified atom stereocenters. The number of carbonyl (C=O) groups is 1. The molecule has 0 spiro atoms. The van der Waals surface area contributed by atoms with Crippen LogP contribution >= 0.6 is 11.3 Å². The normalized spacial score (nSPS) is 11.4. The van der Waals surface area contributed by atoms with E-state index in [1.165, 1.54) is 11.3 Å². The number of rotatable bonds is 4. The van der Waals surface area contributed by atoms with Crippen molar-refractivity contribution in [3.63, 3.8) is 0 Å². The SMILES string of the molecule is COc1ccc(-c2c(C)sc(=NC(=O)c3ccccc3)n2-c2ccccc2)cc1. The Hall–Kier alpha value is -3.44. The summed E-state index contributed by atoms with van der Waals surface area (Å²) >= 11 is 1.51. The van der Waals surface area contributed by atoms with Gasteiger partial charge in [-0.05, 0) is 61.0 Å². The molecule has 1 amide bonds. The number of hydrogen-bond donors (Lipinski definition) is 0. The number of nitrogens with zero attached hydrogens (tertiary/aromatic N) is 2. The van der Waals surface area contributed by atoms with Crippen LogP contribution in [-0.4, -0.2) is 17.6 Å². The van der Waals surface area contributed by atoms with Gasteiger partial charge in [0.05, 0.1) is 12.8 Å². The molecular weight excluding hydrogens is 380 g/mol. The van der Waals surface area contributed by atoms with Gasteiger partial charge in [-0.3, -0.25) is 9.36 Å². The molecule has 0 saturated heterocycles. The molecule has 3 aromatic carbocycles. The van der Waals surface area contributed by atoms with E-state index in [1.807, 2.05) is 77.4 Å². The first-order chi connectivity index (χ1) is 14.2.